The van der Waals surface area contributed by atoms with E-state index in [9.17, 15) is 8.42 Å². The number of ether oxygens (including phenoxy) is 1. The molecule has 2 aromatic carbocycles. The van der Waals surface area contributed by atoms with E-state index in [2.05, 4.69) is 22.2 Å². The summed E-state index contributed by atoms with van der Waals surface area (Å²) in [6.45, 7) is 2.04. The lowest BCUT2D eigenvalue weighted by Crippen LogP contribution is -2.36. The van der Waals surface area contributed by atoms with Crippen molar-refractivity contribution in [3.63, 3.8) is 0 Å². The van der Waals surface area contributed by atoms with E-state index in [-0.39, 0.29) is 4.90 Å². The second-order valence-electron chi connectivity index (χ2n) is 7.29. The van der Waals surface area contributed by atoms with Gasteiger partial charge in [-0.3, -0.25) is 0 Å². The van der Waals surface area contributed by atoms with Crippen molar-refractivity contribution in [2.24, 2.45) is 0 Å². The van der Waals surface area contributed by atoms with E-state index in [1.807, 2.05) is 24.3 Å². The summed E-state index contributed by atoms with van der Waals surface area (Å²) < 4.78 is 32.1. The van der Waals surface area contributed by atoms with Crippen LogP contribution in [0, 0.1) is 0 Å². The van der Waals surface area contributed by atoms with E-state index in [0.717, 1.165) is 37.1 Å². The van der Waals surface area contributed by atoms with Crippen LogP contribution in [0.3, 0.4) is 0 Å². The highest BCUT2D eigenvalue weighted by Gasteiger charge is 2.24. The third-order valence-electron chi connectivity index (χ3n) is 5.40. The smallest absolute Gasteiger partial charge is 0.208 e. The molecule has 0 amide bonds. The van der Waals surface area contributed by atoms with Crippen LogP contribution in [0.5, 0.6) is 5.75 Å². The second kappa shape index (κ2) is 7.48. The number of nitrogens with one attached hydrogen (secondary N) is 2. The van der Waals surface area contributed by atoms with Crippen LogP contribution >= 0.6 is 0 Å². The third kappa shape index (κ3) is 3.47. The van der Waals surface area contributed by atoms with Gasteiger partial charge in [0.2, 0.25) is 9.84 Å². The quantitative estimate of drug-likeness (QED) is 0.687. The zero-order valence-electron chi connectivity index (χ0n) is 16.1. The third-order valence-corrected chi connectivity index (χ3v) is 7.19. The highest BCUT2D eigenvalue weighted by molar-refractivity contribution is 7.91. The van der Waals surface area contributed by atoms with E-state index in [1.165, 1.54) is 0 Å². The van der Waals surface area contributed by atoms with Crippen molar-refractivity contribution in [3.8, 4) is 5.75 Å². The van der Waals surface area contributed by atoms with Crippen LogP contribution in [-0.2, 0) is 9.84 Å². The molecule has 0 saturated carbocycles. The minimum atomic E-state index is -3.65. The first kappa shape index (κ1) is 18.8. The molecule has 28 heavy (non-hydrogen) atoms. The van der Waals surface area contributed by atoms with Gasteiger partial charge in [-0.25, -0.2) is 8.42 Å². The first-order valence-electron chi connectivity index (χ1n) is 9.43. The van der Waals surface area contributed by atoms with Gasteiger partial charge >= 0.3 is 0 Å². The summed E-state index contributed by atoms with van der Waals surface area (Å²) >= 11 is 0. The number of fused-ring (bicyclic) bond motifs is 1. The van der Waals surface area contributed by atoms with Gasteiger partial charge in [-0.05, 0) is 57.2 Å². The lowest BCUT2D eigenvalue weighted by atomic mass is 10.1. The second-order valence-corrected chi connectivity index (χ2v) is 9.20. The maximum atomic E-state index is 13.3. The van der Waals surface area contributed by atoms with Gasteiger partial charge in [-0.2, -0.15) is 0 Å². The molecule has 0 spiro atoms. The molecule has 148 valence electrons. The molecule has 1 aliphatic rings. The van der Waals surface area contributed by atoms with Gasteiger partial charge in [-0.15, -0.1) is 0 Å². The predicted molar refractivity (Wildman–Crippen MR) is 111 cm³/mol. The van der Waals surface area contributed by atoms with Gasteiger partial charge in [0.25, 0.3) is 0 Å². The van der Waals surface area contributed by atoms with Gasteiger partial charge in [0.05, 0.1) is 22.6 Å². The van der Waals surface area contributed by atoms with Gasteiger partial charge in [-0.1, -0.05) is 18.2 Å². The number of methoxy groups -OCH3 is 1. The summed E-state index contributed by atoms with van der Waals surface area (Å²) in [6.07, 6.45) is 3.59. The van der Waals surface area contributed by atoms with Crippen molar-refractivity contribution < 1.29 is 13.2 Å². The zero-order chi connectivity index (χ0) is 19.7. The first-order chi connectivity index (χ1) is 13.5. The van der Waals surface area contributed by atoms with Crippen LogP contribution < -0.4 is 10.1 Å². The highest BCUT2D eigenvalue weighted by Crippen LogP contribution is 2.34. The number of hydrogen-bond donors (Lipinski definition) is 2. The van der Waals surface area contributed by atoms with Crippen LogP contribution in [0.4, 0.5) is 5.69 Å². The minimum absolute atomic E-state index is 0.258. The van der Waals surface area contributed by atoms with Crippen LogP contribution in [0.15, 0.2) is 58.5 Å². The minimum Gasteiger partial charge on any atom is -0.495 e. The molecule has 1 aliphatic heterocycles. The number of aromatic nitrogens is 1. The highest BCUT2D eigenvalue weighted by atomic mass is 32.2. The molecule has 1 aromatic heterocycles. The number of nitrogens with zero attached hydrogens (tertiary/aromatic N) is 1. The number of piperidine rings is 1. The number of aromatic amines is 1. The number of sulfone groups is 1. The van der Waals surface area contributed by atoms with E-state index in [4.69, 9.17) is 4.74 Å². The number of anilines is 1. The topological polar surface area (TPSA) is 74.4 Å². The van der Waals surface area contributed by atoms with Crippen LogP contribution in [0.2, 0.25) is 0 Å². The zero-order valence-corrected chi connectivity index (χ0v) is 16.9. The lowest BCUT2D eigenvalue weighted by Gasteiger charge is -2.30. The van der Waals surface area contributed by atoms with E-state index in [0.29, 0.717) is 22.1 Å². The SMILES string of the molecule is COc1ccc(S(=O)(=O)c2c[nH]c3ccccc23)cc1NC1CCN(C)CC1. The molecule has 2 heterocycles. The number of benzene rings is 2. The molecule has 7 heteroatoms. The Kier molecular flexibility index (Phi) is 5.03. The molecular weight excluding hydrogens is 374 g/mol. The standard InChI is InChI=1S/C21H25N3O3S/c1-24-11-9-15(10-12-24)23-19-13-16(7-8-20(19)27-2)28(25,26)21-14-22-18-6-4-3-5-17(18)21/h3-8,13-15,22-23H,9-12H2,1-2H3. The largest absolute Gasteiger partial charge is 0.495 e. The molecule has 0 aliphatic carbocycles. The van der Waals surface area contributed by atoms with E-state index >= 15 is 0 Å². The molecule has 0 unspecified atom stereocenters. The molecule has 1 saturated heterocycles. The average molecular weight is 400 g/mol. The maximum Gasteiger partial charge on any atom is 0.208 e. The number of H-pyrrole nitrogens is 1. The van der Waals surface area contributed by atoms with Crippen molar-refractivity contribution in [1.82, 2.24) is 9.88 Å². The summed E-state index contributed by atoms with van der Waals surface area (Å²) in [5, 5.41) is 4.19. The predicted octanol–water partition coefficient (Wildman–Crippen LogP) is 3.52. The van der Waals surface area contributed by atoms with Crippen molar-refractivity contribution in [2.75, 3.05) is 32.6 Å². The summed E-state index contributed by atoms with van der Waals surface area (Å²) in [4.78, 5) is 5.89. The van der Waals surface area contributed by atoms with Crippen LogP contribution in [0.25, 0.3) is 10.9 Å². The Labute approximate surface area is 165 Å². The Morgan fingerprint density at radius 3 is 2.64 bits per heavy atom. The van der Waals surface area contributed by atoms with Crippen molar-refractivity contribution in [3.05, 3.63) is 48.7 Å². The summed E-state index contributed by atoms with van der Waals surface area (Å²) in [7, 11) is 0.0621. The Hall–Kier alpha value is -2.51. The Morgan fingerprint density at radius 2 is 1.89 bits per heavy atom. The maximum absolute atomic E-state index is 13.3. The number of hydrogen-bond acceptors (Lipinski definition) is 5. The molecule has 1 fully saturated rings. The number of para-hydroxylation sites is 1. The average Bonchev–Trinajstić information content (AvgIpc) is 3.14. The molecule has 6 nitrogen and oxygen atoms in total. The fourth-order valence-electron chi connectivity index (χ4n) is 3.73. The summed E-state index contributed by atoms with van der Waals surface area (Å²) in [6, 6.07) is 12.7. The van der Waals surface area contributed by atoms with Crippen molar-refractivity contribution in [1.29, 1.82) is 0 Å². The van der Waals surface area contributed by atoms with Gasteiger partial charge in [0.15, 0.2) is 0 Å². The molecule has 2 N–H and O–H groups in total. The number of likely N-dealkylation sites (tertiary alicyclic amines) is 1. The van der Waals surface area contributed by atoms with Crippen LogP contribution in [0.1, 0.15) is 12.8 Å². The molecule has 0 radical (unpaired) electrons. The Balaban J connectivity index is 1.69. The molecule has 4 rings (SSSR count). The fourth-order valence-corrected chi connectivity index (χ4v) is 5.19. The monoisotopic (exact) mass is 399 g/mol. The molecule has 0 atom stereocenters. The molecular formula is C21H25N3O3S. The Morgan fingerprint density at radius 1 is 1.14 bits per heavy atom. The van der Waals surface area contributed by atoms with Gasteiger partial charge in [0, 0.05) is 23.1 Å². The van der Waals surface area contributed by atoms with E-state index < -0.39 is 9.84 Å². The normalized spacial score (nSPS) is 16.4. The summed E-state index contributed by atoms with van der Waals surface area (Å²) in [5.41, 5.74) is 1.53. The van der Waals surface area contributed by atoms with Gasteiger partial charge < -0.3 is 19.9 Å². The van der Waals surface area contributed by atoms with Gasteiger partial charge in [0.1, 0.15) is 5.75 Å². The Bertz CT molecular complexity index is 1080. The van der Waals surface area contributed by atoms with E-state index in [1.54, 1.807) is 31.5 Å². The van der Waals surface area contributed by atoms with Crippen molar-refractivity contribution >= 4 is 26.4 Å². The lowest BCUT2D eigenvalue weighted by molar-refractivity contribution is 0.263. The summed E-state index contributed by atoms with van der Waals surface area (Å²) in [5.74, 6) is 0.650. The molecule has 0 bridgehead atoms. The van der Waals surface area contributed by atoms with Crippen molar-refractivity contribution in [2.45, 2.75) is 28.7 Å². The van der Waals surface area contributed by atoms with Crippen LogP contribution in [-0.4, -0.2) is 51.6 Å². The molecule has 3 aromatic rings. The number of rotatable bonds is 5. The fraction of sp³-hybridized carbons (Fsp3) is 0.333. The first-order valence-corrected chi connectivity index (χ1v) is 10.9.